The molecule has 0 amide bonds. The molecular formula is C17H20N2OS. The van der Waals surface area contributed by atoms with Crippen LogP contribution in [-0.4, -0.2) is 12.2 Å². The van der Waals surface area contributed by atoms with E-state index in [0.29, 0.717) is 11.7 Å². The molecule has 0 radical (unpaired) electrons. The SMILES string of the molecule is COc1ccc(CNC(=S)N[C@H](C)c2ccccc2)cc1. The Balaban J connectivity index is 1.81. The van der Waals surface area contributed by atoms with Crippen molar-refractivity contribution in [2.75, 3.05) is 7.11 Å². The lowest BCUT2D eigenvalue weighted by atomic mass is 10.1. The fourth-order valence-corrected chi connectivity index (χ4v) is 2.25. The molecule has 0 spiro atoms. The fraction of sp³-hybridized carbons (Fsp3) is 0.235. The topological polar surface area (TPSA) is 33.3 Å². The molecule has 0 aromatic heterocycles. The zero-order valence-corrected chi connectivity index (χ0v) is 13.1. The van der Waals surface area contributed by atoms with E-state index in [4.69, 9.17) is 17.0 Å². The average Bonchev–Trinajstić information content (AvgIpc) is 2.54. The fourth-order valence-electron chi connectivity index (χ4n) is 2.00. The van der Waals surface area contributed by atoms with Crippen molar-refractivity contribution in [3.05, 3.63) is 65.7 Å². The predicted molar refractivity (Wildman–Crippen MR) is 90.4 cm³/mol. The molecule has 1 atom stereocenters. The maximum absolute atomic E-state index is 5.33. The van der Waals surface area contributed by atoms with Crippen molar-refractivity contribution in [2.45, 2.75) is 19.5 Å². The number of hydrogen-bond donors (Lipinski definition) is 2. The number of nitrogens with one attached hydrogen (secondary N) is 2. The van der Waals surface area contributed by atoms with Crippen LogP contribution in [0.3, 0.4) is 0 Å². The van der Waals surface area contributed by atoms with E-state index in [1.54, 1.807) is 7.11 Å². The third kappa shape index (κ3) is 4.76. The Bertz CT molecular complexity index is 569. The second-order valence-electron chi connectivity index (χ2n) is 4.81. The van der Waals surface area contributed by atoms with Crippen LogP contribution in [0.1, 0.15) is 24.1 Å². The largest absolute Gasteiger partial charge is 0.497 e. The first kappa shape index (κ1) is 15.3. The van der Waals surface area contributed by atoms with Gasteiger partial charge >= 0.3 is 0 Å². The van der Waals surface area contributed by atoms with E-state index < -0.39 is 0 Å². The van der Waals surface area contributed by atoms with Gasteiger partial charge in [0, 0.05) is 6.54 Å². The Morgan fingerprint density at radius 2 is 1.76 bits per heavy atom. The van der Waals surface area contributed by atoms with Gasteiger partial charge in [0.1, 0.15) is 5.75 Å². The lowest BCUT2D eigenvalue weighted by Crippen LogP contribution is -2.36. The lowest BCUT2D eigenvalue weighted by molar-refractivity contribution is 0.414. The van der Waals surface area contributed by atoms with E-state index in [2.05, 4.69) is 29.7 Å². The molecule has 4 heteroatoms. The quantitative estimate of drug-likeness (QED) is 0.829. The number of thiocarbonyl (C=S) groups is 1. The molecule has 0 saturated carbocycles. The van der Waals surface area contributed by atoms with Crippen LogP contribution >= 0.6 is 12.2 Å². The van der Waals surface area contributed by atoms with Crippen molar-refractivity contribution in [3.8, 4) is 5.75 Å². The molecule has 0 heterocycles. The molecule has 21 heavy (non-hydrogen) atoms. The van der Waals surface area contributed by atoms with Gasteiger partial charge in [-0.1, -0.05) is 42.5 Å². The molecule has 0 aliphatic heterocycles. The van der Waals surface area contributed by atoms with E-state index in [-0.39, 0.29) is 6.04 Å². The molecule has 0 aliphatic carbocycles. The summed E-state index contributed by atoms with van der Waals surface area (Å²) in [7, 11) is 1.66. The van der Waals surface area contributed by atoms with Gasteiger partial charge in [0.2, 0.25) is 0 Å². The summed E-state index contributed by atoms with van der Waals surface area (Å²) in [5.74, 6) is 0.858. The Kier molecular flexibility index (Phi) is 5.58. The van der Waals surface area contributed by atoms with Crippen molar-refractivity contribution in [3.63, 3.8) is 0 Å². The van der Waals surface area contributed by atoms with E-state index in [1.165, 1.54) is 5.56 Å². The molecule has 2 N–H and O–H groups in total. The number of methoxy groups -OCH3 is 1. The van der Waals surface area contributed by atoms with Crippen molar-refractivity contribution in [1.29, 1.82) is 0 Å². The van der Waals surface area contributed by atoms with Crippen LogP contribution < -0.4 is 15.4 Å². The van der Waals surface area contributed by atoms with Crippen molar-refractivity contribution in [2.24, 2.45) is 0 Å². The summed E-state index contributed by atoms with van der Waals surface area (Å²) in [6.45, 7) is 2.79. The van der Waals surface area contributed by atoms with Gasteiger partial charge in [-0.3, -0.25) is 0 Å². The van der Waals surface area contributed by atoms with Crippen LogP contribution in [0, 0.1) is 0 Å². The average molecular weight is 300 g/mol. The zero-order valence-electron chi connectivity index (χ0n) is 12.3. The molecule has 0 saturated heterocycles. The van der Waals surface area contributed by atoms with Crippen molar-refractivity contribution in [1.82, 2.24) is 10.6 Å². The van der Waals surface area contributed by atoms with Crippen LogP contribution in [0.25, 0.3) is 0 Å². The summed E-state index contributed by atoms with van der Waals surface area (Å²) in [5.41, 5.74) is 2.37. The molecule has 2 aromatic carbocycles. The maximum atomic E-state index is 5.33. The van der Waals surface area contributed by atoms with Gasteiger partial charge in [0.25, 0.3) is 0 Å². The third-order valence-electron chi connectivity index (χ3n) is 3.26. The number of benzene rings is 2. The second kappa shape index (κ2) is 7.64. The summed E-state index contributed by atoms with van der Waals surface area (Å²) >= 11 is 5.33. The van der Waals surface area contributed by atoms with Gasteiger partial charge in [-0.05, 0) is 42.4 Å². The molecule has 0 unspecified atom stereocenters. The normalized spacial score (nSPS) is 11.5. The minimum absolute atomic E-state index is 0.182. The van der Waals surface area contributed by atoms with E-state index in [0.717, 1.165) is 11.3 Å². The first-order valence-corrected chi connectivity index (χ1v) is 7.32. The summed E-state index contributed by atoms with van der Waals surface area (Å²) in [5, 5.41) is 7.16. The number of hydrogen-bond acceptors (Lipinski definition) is 2. The molecule has 110 valence electrons. The highest BCUT2D eigenvalue weighted by Crippen LogP contribution is 2.12. The molecule has 2 aromatic rings. The van der Waals surface area contributed by atoms with Gasteiger partial charge in [0.15, 0.2) is 5.11 Å². The minimum atomic E-state index is 0.182. The first-order valence-electron chi connectivity index (χ1n) is 6.91. The summed E-state index contributed by atoms with van der Waals surface area (Å²) in [6, 6.07) is 18.4. The predicted octanol–water partition coefficient (Wildman–Crippen LogP) is 3.42. The van der Waals surface area contributed by atoms with Crippen molar-refractivity contribution >= 4 is 17.3 Å². The van der Waals surface area contributed by atoms with Gasteiger partial charge in [0.05, 0.1) is 13.2 Å². The zero-order chi connectivity index (χ0) is 15.1. The van der Waals surface area contributed by atoms with Gasteiger partial charge < -0.3 is 15.4 Å². The number of rotatable bonds is 5. The van der Waals surface area contributed by atoms with Crippen molar-refractivity contribution < 1.29 is 4.74 Å². The Labute approximate surface area is 131 Å². The van der Waals surface area contributed by atoms with Crippen LogP contribution in [0.5, 0.6) is 5.75 Å². The van der Waals surface area contributed by atoms with Gasteiger partial charge in [-0.25, -0.2) is 0 Å². The molecule has 0 bridgehead atoms. The first-order chi connectivity index (χ1) is 10.2. The summed E-state index contributed by atoms with van der Waals surface area (Å²) in [4.78, 5) is 0. The van der Waals surface area contributed by atoms with Gasteiger partial charge in [-0.2, -0.15) is 0 Å². The summed E-state index contributed by atoms with van der Waals surface area (Å²) in [6.07, 6.45) is 0. The molecule has 2 rings (SSSR count). The maximum Gasteiger partial charge on any atom is 0.167 e. The molecule has 0 aliphatic rings. The third-order valence-corrected chi connectivity index (χ3v) is 3.52. The van der Waals surface area contributed by atoms with E-state index in [9.17, 15) is 0 Å². The second-order valence-corrected chi connectivity index (χ2v) is 5.22. The number of ether oxygens (including phenoxy) is 1. The standard InChI is InChI=1S/C17H20N2OS/c1-13(15-6-4-3-5-7-15)19-17(21)18-12-14-8-10-16(20-2)11-9-14/h3-11,13H,12H2,1-2H3,(H2,18,19,21)/t13-/m1/s1. The van der Waals surface area contributed by atoms with Gasteiger partial charge in [-0.15, -0.1) is 0 Å². The highest BCUT2D eigenvalue weighted by Gasteiger charge is 2.05. The molecular weight excluding hydrogens is 280 g/mol. The smallest absolute Gasteiger partial charge is 0.167 e. The summed E-state index contributed by atoms with van der Waals surface area (Å²) < 4.78 is 5.14. The van der Waals surface area contributed by atoms with E-state index >= 15 is 0 Å². The minimum Gasteiger partial charge on any atom is -0.497 e. The van der Waals surface area contributed by atoms with Crippen LogP contribution in [-0.2, 0) is 6.54 Å². The highest BCUT2D eigenvalue weighted by molar-refractivity contribution is 7.80. The highest BCUT2D eigenvalue weighted by atomic mass is 32.1. The van der Waals surface area contributed by atoms with E-state index in [1.807, 2.05) is 42.5 Å². The van der Waals surface area contributed by atoms with Crippen LogP contribution in [0.2, 0.25) is 0 Å². The monoisotopic (exact) mass is 300 g/mol. The Morgan fingerprint density at radius 1 is 1.10 bits per heavy atom. The van der Waals surface area contributed by atoms with Crippen LogP contribution in [0.15, 0.2) is 54.6 Å². The Hall–Kier alpha value is -2.07. The lowest BCUT2D eigenvalue weighted by Gasteiger charge is -2.17. The van der Waals surface area contributed by atoms with Crippen LogP contribution in [0.4, 0.5) is 0 Å². The molecule has 0 fully saturated rings. The Morgan fingerprint density at radius 3 is 2.38 bits per heavy atom. The molecule has 3 nitrogen and oxygen atoms in total.